The summed E-state index contributed by atoms with van der Waals surface area (Å²) in [5, 5.41) is 11.8. The van der Waals surface area contributed by atoms with Crippen molar-refractivity contribution in [2.24, 2.45) is 23.2 Å². The van der Waals surface area contributed by atoms with Crippen molar-refractivity contribution in [1.29, 1.82) is 0 Å². The van der Waals surface area contributed by atoms with Crippen LogP contribution in [0.4, 0.5) is 4.79 Å². The molecule has 2 N–H and O–H groups in total. The van der Waals surface area contributed by atoms with Crippen LogP contribution in [-0.4, -0.2) is 35.5 Å². The van der Waals surface area contributed by atoms with Crippen LogP contribution in [0.3, 0.4) is 0 Å². The first-order valence-corrected chi connectivity index (χ1v) is 9.32. The number of nitrogens with one attached hydrogen (secondary N) is 1. The zero-order chi connectivity index (χ0) is 20.1. The quantitative estimate of drug-likeness (QED) is 0.547. The highest BCUT2D eigenvalue weighted by molar-refractivity contribution is 5.75. The minimum Gasteiger partial charge on any atom is -0.481 e. The topological polar surface area (TPSA) is 102 Å². The molecule has 1 aliphatic rings. The van der Waals surface area contributed by atoms with Crippen LogP contribution in [0.25, 0.3) is 0 Å². The van der Waals surface area contributed by atoms with Crippen LogP contribution in [-0.2, 0) is 19.1 Å². The molecule has 1 aliphatic carbocycles. The lowest BCUT2D eigenvalue weighted by atomic mass is 9.79. The van der Waals surface area contributed by atoms with Gasteiger partial charge in [0.05, 0.1) is 11.3 Å². The molecule has 0 spiro atoms. The first-order valence-electron chi connectivity index (χ1n) is 9.32. The van der Waals surface area contributed by atoms with E-state index in [0.29, 0.717) is 12.8 Å². The number of amides is 1. The van der Waals surface area contributed by atoms with E-state index in [-0.39, 0.29) is 23.8 Å². The first kappa shape index (κ1) is 22.3. The normalized spacial score (nSPS) is 23.0. The number of carboxylic acid groups (broad SMARTS) is 1. The van der Waals surface area contributed by atoms with E-state index in [9.17, 15) is 14.4 Å². The number of rotatable bonds is 6. The smallest absolute Gasteiger partial charge is 0.410 e. The van der Waals surface area contributed by atoms with E-state index >= 15 is 0 Å². The van der Waals surface area contributed by atoms with Crippen molar-refractivity contribution in [2.45, 2.75) is 79.6 Å². The van der Waals surface area contributed by atoms with Gasteiger partial charge < -0.3 is 19.9 Å². The lowest BCUT2D eigenvalue weighted by molar-refractivity contribution is -0.184. The summed E-state index contributed by atoms with van der Waals surface area (Å²) in [5.41, 5.74) is -0.678. The predicted molar refractivity (Wildman–Crippen MR) is 96.3 cm³/mol. The molecule has 1 fully saturated rings. The highest BCUT2D eigenvalue weighted by atomic mass is 16.7. The van der Waals surface area contributed by atoms with Crippen LogP contribution in [0, 0.1) is 23.2 Å². The van der Waals surface area contributed by atoms with Gasteiger partial charge in [0, 0.05) is 12.0 Å². The molecule has 0 aromatic carbocycles. The van der Waals surface area contributed by atoms with Crippen molar-refractivity contribution >= 4 is 18.0 Å². The van der Waals surface area contributed by atoms with Gasteiger partial charge in [0.1, 0.15) is 0 Å². The monoisotopic (exact) mass is 371 g/mol. The Bertz CT molecular complexity index is 503. The molecule has 0 aromatic heterocycles. The summed E-state index contributed by atoms with van der Waals surface area (Å²) >= 11 is 0. The Labute approximate surface area is 155 Å². The number of esters is 1. The van der Waals surface area contributed by atoms with Crippen molar-refractivity contribution in [2.75, 3.05) is 0 Å². The Hall–Kier alpha value is -1.79. The Morgan fingerprint density at radius 1 is 1.00 bits per heavy atom. The second kappa shape index (κ2) is 9.24. The van der Waals surface area contributed by atoms with Gasteiger partial charge in [-0.15, -0.1) is 0 Å². The van der Waals surface area contributed by atoms with E-state index in [1.54, 1.807) is 20.8 Å². The second-order valence-corrected chi connectivity index (χ2v) is 8.56. The molecule has 26 heavy (non-hydrogen) atoms. The lowest BCUT2D eigenvalue weighted by Crippen LogP contribution is -2.43. The summed E-state index contributed by atoms with van der Waals surface area (Å²) in [5.74, 6) is -1.42. The molecule has 150 valence electrons. The molecule has 0 radical (unpaired) electrons. The fourth-order valence-electron chi connectivity index (χ4n) is 2.89. The second-order valence-electron chi connectivity index (χ2n) is 8.56. The molecule has 7 heteroatoms. The molecule has 0 aromatic rings. The number of hydrogen-bond donors (Lipinski definition) is 2. The lowest BCUT2D eigenvalue weighted by Gasteiger charge is -2.31. The van der Waals surface area contributed by atoms with Crippen molar-refractivity contribution in [3.63, 3.8) is 0 Å². The van der Waals surface area contributed by atoms with E-state index in [2.05, 4.69) is 5.32 Å². The zero-order valence-corrected chi connectivity index (χ0v) is 16.7. The molecule has 1 saturated carbocycles. The fraction of sp³-hybridized carbons (Fsp3) is 0.842. The van der Waals surface area contributed by atoms with Gasteiger partial charge in [-0.25, -0.2) is 4.79 Å². The standard InChI is InChI=1S/C19H33NO6/c1-11(2)16(25-17(23)19(4,5)6)26-18(24)20-12(3)13-7-9-14(10-8-13)15(21)22/h11-14,16H,7-10H2,1-6H3,(H,20,24)(H,21,22). The average Bonchev–Trinajstić information content (AvgIpc) is 2.53. The van der Waals surface area contributed by atoms with Gasteiger partial charge in [0.2, 0.25) is 0 Å². The van der Waals surface area contributed by atoms with Gasteiger partial charge in [-0.3, -0.25) is 9.59 Å². The predicted octanol–water partition coefficient (Wildman–Crippen LogP) is 3.56. The molecule has 0 heterocycles. The molecule has 1 amide bonds. The summed E-state index contributed by atoms with van der Waals surface area (Å²) in [6.45, 7) is 10.7. The van der Waals surface area contributed by atoms with Gasteiger partial charge in [-0.05, 0) is 59.3 Å². The number of carbonyl (C=O) groups excluding carboxylic acids is 2. The van der Waals surface area contributed by atoms with E-state index in [4.69, 9.17) is 14.6 Å². The number of carboxylic acids is 1. The Kier molecular flexibility index (Phi) is 7.90. The highest BCUT2D eigenvalue weighted by Crippen LogP contribution is 2.31. The Morgan fingerprint density at radius 2 is 1.54 bits per heavy atom. The first-order chi connectivity index (χ1) is 11.9. The van der Waals surface area contributed by atoms with E-state index in [1.807, 2.05) is 20.8 Å². The van der Waals surface area contributed by atoms with Gasteiger partial charge in [-0.2, -0.15) is 0 Å². The van der Waals surface area contributed by atoms with Crippen molar-refractivity contribution in [3.8, 4) is 0 Å². The fourth-order valence-corrected chi connectivity index (χ4v) is 2.89. The number of alkyl carbamates (subject to hydrolysis) is 1. The molecule has 0 bridgehead atoms. The molecule has 0 aliphatic heterocycles. The Balaban J connectivity index is 2.52. The maximum atomic E-state index is 12.2. The number of aliphatic carboxylic acids is 1. The minimum absolute atomic E-state index is 0.136. The maximum absolute atomic E-state index is 12.2. The van der Waals surface area contributed by atoms with E-state index in [0.717, 1.165) is 12.8 Å². The SMILES string of the molecule is CC(C)C(OC(=O)NC(C)C1CCC(C(=O)O)CC1)OC(=O)C(C)(C)C. The van der Waals surface area contributed by atoms with Crippen molar-refractivity contribution in [1.82, 2.24) is 5.32 Å². The van der Waals surface area contributed by atoms with Gasteiger partial charge in [0.25, 0.3) is 6.29 Å². The van der Waals surface area contributed by atoms with Crippen LogP contribution >= 0.6 is 0 Å². The van der Waals surface area contributed by atoms with Crippen LogP contribution in [0.5, 0.6) is 0 Å². The third-order valence-corrected chi connectivity index (χ3v) is 4.78. The molecular formula is C19H33NO6. The van der Waals surface area contributed by atoms with E-state index < -0.39 is 29.7 Å². The van der Waals surface area contributed by atoms with Crippen molar-refractivity contribution < 1.29 is 29.0 Å². The number of hydrogen-bond acceptors (Lipinski definition) is 5. The van der Waals surface area contributed by atoms with Crippen LogP contribution in [0.2, 0.25) is 0 Å². The van der Waals surface area contributed by atoms with Crippen LogP contribution in [0.15, 0.2) is 0 Å². The average molecular weight is 371 g/mol. The molecule has 7 nitrogen and oxygen atoms in total. The summed E-state index contributed by atoms with van der Waals surface area (Å²) in [7, 11) is 0. The van der Waals surface area contributed by atoms with Gasteiger partial charge in [-0.1, -0.05) is 13.8 Å². The third-order valence-electron chi connectivity index (χ3n) is 4.78. The molecule has 0 saturated heterocycles. The van der Waals surface area contributed by atoms with Gasteiger partial charge >= 0.3 is 18.0 Å². The summed E-state index contributed by atoms with van der Waals surface area (Å²) in [4.78, 5) is 35.3. The van der Waals surface area contributed by atoms with Crippen molar-refractivity contribution in [3.05, 3.63) is 0 Å². The summed E-state index contributed by atoms with van der Waals surface area (Å²) < 4.78 is 10.6. The van der Waals surface area contributed by atoms with Gasteiger partial charge in [0.15, 0.2) is 0 Å². The Morgan fingerprint density at radius 3 is 1.96 bits per heavy atom. The minimum atomic E-state index is -0.948. The zero-order valence-electron chi connectivity index (χ0n) is 16.7. The maximum Gasteiger partial charge on any atom is 0.410 e. The van der Waals surface area contributed by atoms with Crippen LogP contribution < -0.4 is 5.32 Å². The molecule has 1 rings (SSSR count). The van der Waals surface area contributed by atoms with E-state index in [1.165, 1.54) is 0 Å². The molecule has 2 unspecified atom stereocenters. The summed E-state index contributed by atoms with van der Waals surface area (Å²) in [6.07, 6.45) is 1.18. The van der Waals surface area contributed by atoms with Crippen LogP contribution in [0.1, 0.15) is 67.2 Å². The number of carbonyl (C=O) groups is 3. The molecule has 2 atom stereocenters. The summed E-state index contributed by atoms with van der Waals surface area (Å²) in [6, 6.07) is -0.136. The number of ether oxygens (including phenoxy) is 2. The largest absolute Gasteiger partial charge is 0.481 e. The highest BCUT2D eigenvalue weighted by Gasteiger charge is 2.32. The molecular weight excluding hydrogens is 338 g/mol. The third kappa shape index (κ3) is 6.84.